The summed E-state index contributed by atoms with van der Waals surface area (Å²) in [6, 6.07) is 9.62. The molecule has 2 aromatic rings. The quantitative estimate of drug-likeness (QED) is 0.440. The van der Waals surface area contributed by atoms with Gasteiger partial charge >= 0.3 is 0 Å². The smallest absolute Gasteiger partial charge is 0.0132 e. The van der Waals surface area contributed by atoms with Crippen LogP contribution in [0.5, 0.6) is 0 Å². The van der Waals surface area contributed by atoms with Gasteiger partial charge in [0.25, 0.3) is 0 Å². The highest BCUT2D eigenvalue weighted by Crippen LogP contribution is 2.43. The van der Waals surface area contributed by atoms with Gasteiger partial charge in [0, 0.05) is 0 Å². The highest BCUT2D eigenvalue weighted by Gasteiger charge is 2.22. The zero-order valence-electron chi connectivity index (χ0n) is 17.5. The number of hydrogen-bond donors (Lipinski definition) is 0. The van der Waals surface area contributed by atoms with Crippen LogP contribution in [-0.2, 0) is 10.8 Å². The molecular weight excluding hydrogens is 300 g/mol. The normalized spacial score (nSPS) is 15.2. The molecule has 0 heteroatoms. The first-order chi connectivity index (χ1) is 11.3. The summed E-state index contributed by atoms with van der Waals surface area (Å²) in [6.45, 7) is 20.7. The minimum Gasteiger partial charge on any atom is -0.140 e. The summed E-state index contributed by atoms with van der Waals surface area (Å²) in [7, 11) is 0. The van der Waals surface area contributed by atoms with E-state index in [0.29, 0.717) is 0 Å². The highest BCUT2D eigenvalue weighted by atomic mass is 14.3. The van der Waals surface area contributed by atoms with Crippen molar-refractivity contribution in [3.8, 4) is 0 Å². The Morgan fingerprint density at radius 2 is 1.16 bits per heavy atom. The van der Waals surface area contributed by atoms with Crippen LogP contribution in [0, 0.1) is 11.8 Å². The van der Waals surface area contributed by atoms with Crippen LogP contribution in [-0.4, -0.2) is 0 Å². The van der Waals surface area contributed by atoms with Crippen LogP contribution in [0.15, 0.2) is 29.8 Å². The largest absolute Gasteiger partial charge is 0.140 e. The van der Waals surface area contributed by atoms with E-state index in [2.05, 4.69) is 99.1 Å². The Morgan fingerprint density at radius 3 is 1.64 bits per heavy atom. The van der Waals surface area contributed by atoms with Crippen LogP contribution in [0.25, 0.3) is 16.8 Å². The molecule has 0 atom stereocenters. The number of rotatable bonds is 0. The summed E-state index contributed by atoms with van der Waals surface area (Å²) in [5, 5.41) is 2.79. The van der Waals surface area contributed by atoms with Gasteiger partial charge in [0.15, 0.2) is 0 Å². The predicted octanol–water partition coefficient (Wildman–Crippen LogP) is 7.43. The zero-order chi connectivity index (χ0) is 18.8. The van der Waals surface area contributed by atoms with Gasteiger partial charge in [0.05, 0.1) is 0 Å². The molecule has 134 valence electrons. The maximum atomic E-state index is 2.40. The maximum Gasteiger partial charge on any atom is -0.0132 e. The lowest BCUT2D eigenvalue weighted by Gasteiger charge is -2.36. The molecule has 0 saturated carbocycles. The molecule has 0 saturated heterocycles. The molecule has 1 aliphatic carbocycles. The lowest BCUT2D eigenvalue weighted by Crippen LogP contribution is -2.17. The highest BCUT2D eigenvalue weighted by molar-refractivity contribution is 5.98. The van der Waals surface area contributed by atoms with Crippen LogP contribution in [0.2, 0.25) is 0 Å². The standard InChI is InChI=1S/C25H33/c1-23(2,3)19-10-16-12-20(24(4,5)6)14-18-15-21(25(7,8)9)13-17(11-19)22(16)18/h10-15H,1-9H3/q-1. The molecule has 2 aromatic carbocycles. The molecular formula is C25H33-. The van der Waals surface area contributed by atoms with E-state index in [0.717, 1.165) is 0 Å². The van der Waals surface area contributed by atoms with E-state index in [1.165, 1.54) is 38.6 Å². The Morgan fingerprint density at radius 1 is 0.640 bits per heavy atom. The molecule has 0 amide bonds. The number of benzene rings is 2. The molecule has 0 fully saturated rings. The molecule has 0 aromatic heterocycles. The third-order valence-electron chi connectivity index (χ3n) is 5.33. The third-order valence-corrected chi connectivity index (χ3v) is 5.33. The molecule has 0 unspecified atom stereocenters. The molecule has 25 heavy (non-hydrogen) atoms. The van der Waals surface area contributed by atoms with Crippen LogP contribution in [0.1, 0.15) is 84.6 Å². The summed E-state index contributed by atoms with van der Waals surface area (Å²) in [6.07, 6.45) is 4.81. The Bertz CT molecular complexity index is 851. The molecule has 0 nitrogen and oxygen atoms in total. The van der Waals surface area contributed by atoms with Crippen molar-refractivity contribution in [2.45, 2.75) is 73.1 Å². The van der Waals surface area contributed by atoms with Crippen molar-refractivity contribution >= 4 is 16.8 Å². The minimum absolute atomic E-state index is 0.152. The van der Waals surface area contributed by atoms with Gasteiger partial charge in [-0.15, -0.1) is 29.7 Å². The van der Waals surface area contributed by atoms with E-state index < -0.39 is 0 Å². The molecule has 1 aliphatic rings. The second kappa shape index (κ2) is 5.40. The van der Waals surface area contributed by atoms with Gasteiger partial charge in [-0.1, -0.05) is 102 Å². The van der Waals surface area contributed by atoms with Gasteiger partial charge in [-0.05, 0) is 21.8 Å². The van der Waals surface area contributed by atoms with Crippen molar-refractivity contribution in [3.63, 3.8) is 0 Å². The van der Waals surface area contributed by atoms with E-state index in [1.54, 1.807) is 0 Å². The molecule has 0 heterocycles. The van der Waals surface area contributed by atoms with E-state index in [1.807, 2.05) is 0 Å². The summed E-state index contributed by atoms with van der Waals surface area (Å²) in [4.78, 5) is 0. The van der Waals surface area contributed by atoms with Gasteiger partial charge in [0.2, 0.25) is 0 Å². The average molecular weight is 334 g/mol. The Labute approximate surface area is 154 Å². The summed E-state index contributed by atoms with van der Waals surface area (Å²) in [5.41, 5.74) is 7.46. The summed E-state index contributed by atoms with van der Waals surface area (Å²) in [5.74, 6) is 0. The first-order valence-corrected chi connectivity index (χ1v) is 9.46. The fourth-order valence-corrected chi connectivity index (χ4v) is 3.49. The Kier molecular flexibility index (Phi) is 3.91. The SMILES string of the molecule is CC(C)(C)C1=Cc2cc(C(C)(C)C)cc3cc(C(C)(C)C)cc(c23)[CH-]1. The van der Waals surface area contributed by atoms with Crippen molar-refractivity contribution in [1.29, 1.82) is 0 Å². The second-order valence-electron chi connectivity index (χ2n) is 10.7. The maximum absolute atomic E-state index is 2.40. The van der Waals surface area contributed by atoms with Gasteiger partial charge in [-0.3, -0.25) is 0 Å². The van der Waals surface area contributed by atoms with Crippen LogP contribution in [0.3, 0.4) is 0 Å². The van der Waals surface area contributed by atoms with Crippen molar-refractivity contribution in [2.24, 2.45) is 5.41 Å². The summed E-state index contributed by atoms with van der Waals surface area (Å²) >= 11 is 0. The van der Waals surface area contributed by atoms with Gasteiger partial charge in [-0.25, -0.2) is 0 Å². The fourth-order valence-electron chi connectivity index (χ4n) is 3.49. The number of hydrogen-bond acceptors (Lipinski definition) is 0. The Balaban J connectivity index is 2.37. The number of allylic oxidation sites excluding steroid dienone is 1. The van der Waals surface area contributed by atoms with E-state index >= 15 is 0 Å². The minimum atomic E-state index is 0.152. The van der Waals surface area contributed by atoms with E-state index in [4.69, 9.17) is 0 Å². The van der Waals surface area contributed by atoms with Gasteiger partial charge in [0.1, 0.15) is 0 Å². The van der Waals surface area contributed by atoms with E-state index in [9.17, 15) is 0 Å². The third kappa shape index (κ3) is 3.36. The van der Waals surface area contributed by atoms with Crippen molar-refractivity contribution in [2.75, 3.05) is 0 Å². The van der Waals surface area contributed by atoms with Crippen molar-refractivity contribution in [3.05, 3.63) is 58.5 Å². The Hall–Kier alpha value is -1.69. The lowest BCUT2D eigenvalue weighted by molar-refractivity contribution is 0.514. The van der Waals surface area contributed by atoms with Crippen molar-refractivity contribution in [1.82, 2.24) is 0 Å². The van der Waals surface area contributed by atoms with Gasteiger partial charge < -0.3 is 0 Å². The van der Waals surface area contributed by atoms with Crippen LogP contribution >= 0.6 is 0 Å². The zero-order valence-corrected chi connectivity index (χ0v) is 17.5. The van der Waals surface area contributed by atoms with Crippen LogP contribution < -0.4 is 0 Å². The van der Waals surface area contributed by atoms with Crippen molar-refractivity contribution < 1.29 is 0 Å². The predicted molar refractivity (Wildman–Crippen MR) is 112 cm³/mol. The molecule has 0 spiro atoms. The summed E-state index contributed by atoms with van der Waals surface area (Å²) < 4.78 is 0. The van der Waals surface area contributed by atoms with E-state index in [-0.39, 0.29) is 16.2 Å². The molecule has 0 radical (unpaired) electrons. The molecule has 0 aliphatic heterocycles. The first-order valence-electron chi connectivity index (χ1n) is 9.46. The monoisotopic (exact) mass is 333 g/mol. The molecule has 3 rings (SSSR count). The van der Waals surface area contributed by atoms with Gasteiger partial charge in [-0.2, -0.15) is 0 Å². The molecule has 0 bridgehead atoms. The fraction of sp³-hybridized carbons (Fsp3) is 0.480. The molecule has 0 N–H and O–H groups in total. The average Bonchev–Trinajstić information content (AvgIpc) is 2.43. The lowest BCUT2D eigenvalue weighted by atomic mass is 9.74. The first kappa shape index (κ1) is 18.1. The topological polar surface area (TPSA) is 0 Å². The van der Waals surface area contributed by atoms with Crippen LogP contribution in [0.4, 0.5) is 0 Å². The second-order valence-corrected chi connectivity index (χ2v) is 10.7.